The van der Waals surface area contributed by atoms with Gasteiger partial charge in [-0.1, -0.05) is 36.0 Å². The van der Waals surface area contributed by atoms with Crippen molar-refractivity contribution in [3.05, 3.63) is 35.1 Å². The van der Waals surface area contributed by atoms with Gasteiger partial charge in [0.05, 0.1) is 29.5 Å². The van der Waals surface area contributed by atoms with Crippen LogP contribution in [0.2, 0.25) is 0 Å². The maximum absolute atomic E-state index is 14.7. The minimum absolute atomic E-state index is 0.0224. The summed E-state index contributed by atoms with van der Waals surface area (Å²) < 4.78 is 95.4. The molecule has 2 fully saturated rings. The fraction of sp³-hybridized carbons (Fsp3) is 0.583. The Kier molecular flexibility index (Phi) is 4.82. The molecule has 2 saturated carbocycles. The predicted octanol–water partition coefficient (Wildman–Crippen LogP) is 2.18. The van der Waals surface area contributed by atoms with Crippen molar-refractivity contribution >= 4 is 28.7 Å². The number of ether oxygens (including phenoxy) is 1. The number of aromatic nitrogens is 5. The van der Waals surface area contributed by atoms with Crippen LogP contribution in [0.3, 0.4) is 0 Å². The maximum Gasteiger partial charge on any atom is 0.191 e. The largest absolute Gasteiger partial charge is 0.394 e. The van der Waals surface area contributed by atoms with Gasteiger partial charge in [0.25, 0.3) is 0 Å². The number of benzene rings is 1. The van der Waals surface area contributed by atoms with E-state index in [1.54, 1.807) is 0 Å². The molecule has 3 aromatic rings. The summed E-state index contributed by atoms with van der Waals surface area (Å²) in [7, 11) is 0. The summed E-state index contributed by atoms with van der Waals surface area (Å²) in [5, 5.41) is 41.1. The van der Waals surface area contributed by atoms with Crippen LogP contribution in [-0.2, 0) is 4.74 Å². The van der Waals surface area contributed by atoms with Gasteiger partial charge in [0.1, 0.15) is 18.0 Å². The molecule has 0 aliphatic heterocycles. The number of thioether (sulfide) groups is 1. The first kappa shape index (κ1) is 16.5. The molecule has 0 radical (unpaired) electrons. The van der Waals surface area contributed by atoms with Gasteiger partial charge in [-0.2, -0.15) is 0 Å². The number of rotatable bonds is 10. The van der Waals surface area contributed by atoms with Crippen LogP contribution in [0.4, 0.5) is 10.2 Å². The lowest BCUT2D eigenvalue weighted by atomic mass is 10.1. The molecule has 2 aromatic heterocycles. The molecule has 5 rings (SSSR count). The van der Waals surface area contributed by atoms with E-state index in [9.17, 15) is 14.6 Å². The van der Waals surface area contributed by atoms with E-state index < -0.39 is 78.7 Å². The smallest absolute Gasteiger partial charge is 0.191 e. The van der Waals surface area contributed by atoms with E-state index in [-0.39, 0.29) is 52.9 Å². The molecular weight excluding hydrogens is 487 g/mol. The quantitative estimate of drug-likeness (QED) is 0.229. The van der Waals surface area contributed by atoms with Crippen LogP contribution in [0.15, 0.2) is 23.3 Å². The van der Waals surface area contributed by atoms with Gasteiger partial charge in [0.15, 0.2) is 22.1 Å². The number of aliphatic hydroxyl groups is 3. The molecular formula is C24H31FN6O4S. The highest BCUT2D eigenvalue weighted by molar-refractivity contribution is 7.99. The second kappa shape index (κ2) is 10.5. The molecule has 194 valence electrons. The third kappa shape index (κ3) is 4.92. The highest BCUT2D eigenvalue weighted by Gasteiger charge is 2.45. The van der Waals surface area contributed by atoms with E-state index in [0.717, 1.165) is 6.92 Å². The Balaban J connectivity index is 1.58. The average molecular weight is 528 g/mol. The predicted molar refractivity (Wildman–Crippen MR) is 133 cm³/mol. The summed E-state index contributed by atoms with van der Waals surface area (Å²) in [6, 6.07) is -3.82. The van der Waals surface area contributed by atoms with E-state index >= 15 is 0 Å². The number of halogens is 1. The van der Waals surface area contributed by atoms with Crippen molar-refractivity contribution in [2.75, 3.05) is 24.2 Å². The molecule has 2 aliphatic carbocycles. The first-order chi connectivity index (χ1) is 20.8. The van der Waals surface area contributed by atoms with Crippen LogP contribution in [0.1, 0.15) is 61.5 Å². The zero-order valence-corrected chi connectivity index (χ0v) is 20.2. The van der Waals surface area contributed by atoms with Gasteiger partial charge in [-0.25, -0.2) is 19.0 Å². The molecule has 0 bridgehead atoms. The molecule has 12 heteroatoms. The lowest BCUT2D eigenvalue weighted by Gasteiger charge is -2.17. The monoisotopic (exact) mass is 527 g/mol. The SMILES string of the molecule is [2H]c1c([2H])c([C@H]2[C@H](Nc3nc(SC([2H])([2H])C([2H])([2H])C)nc4c3nnn4[C@@H]3C[C@H](OCCO)[C@@H](O)[C@H]3O)C2([2H])[2H])c([2H])c(F)c1C. The summed E-state index contributed by atoms with van der Waals surface area (Å²) in [5.74, 6) is -2.45. The second-order valence-corrected chi connectivity index (χ2v) is 9.20. The summed E-state index contributed by atoms with van der Waals surface area (Å²) >= 11 is 0.339. The number of fused-ring (bicyclic) bond motifs is 1. The van der Waals surface area contributed by atoms with E-state index in [0.29, 0.717) is 11.8 Å². The van der Waals surface area contributed by atoms with Gasteiger partial charge in [-0.3, -0.25) is 0 Å². The maximum atomic E-state index is 14.7. The van der Waals surface area contributed by atoms with E-state index in [1.807, 2.05) is 0 Å². The Morgan fingerprint density at radius 2 is 2.19 bits per heavy atom. The minimum atomic E-state index is -2.55. The highest BCUT2D eigenvalue weighted by Crippen LogP contribution is 2.44. The molecule has 0 amide bonds. The molecule has 0 saturated heterocycles. The van der Waals surface area contributed by atoms with Crippen molar-refractivity contribution in [2.24, 2.45) is 0 Å². The summed E-state index contributed by atoms with van der Waals surface area (Å²) in [5.41, 5.74) is -3.19. The van der Waals surface area contributed by atoms with Gasteiger partial charge in [0, 0.05) is 32.3 Å². The standard InChI is InChI=1S/C24H31FN6O4S/c1-3-8-36-24-27-22(26-16-10-14(16)13-5-4-12(2)15(25)9-13)19-23(28-24)31(30-29-19)17-11-18(35-7-6-32)21(34)20(17)33/h4-5,9,14,16-18,20-21,32-34H,3,6-8,10-11H2,1-2H3,(H,26,27,28)/t14-,16+,17+,18-,20-,21+/m0/s1/i3D2,4D,5D,8D2,9D,10D2. The van der Waals surface area contributed by atoms with Crippen molar-refractivity contribution in [3.63, 3.8) is 0 Å². The molecule has 6 atom stereocenters. The fourth-order valence-electron chi connectivity index (χ4n) is 4.13. The Bertz CT molecular complexity index is 1600. The minimum Gasteiger partial charge on any atom is -0.394 e. The molecule has 36 heavy (non-hydrogen) atoms. The van der Waals surface area contributed by atoms with Crippen molar-refractivity contribution in [1.29, 1.82) is 0 Å². The first-order valence-electron chi connectivity index (χ1n) is 15.8. The Morgan fingerprint density at radius 1 is 1.36 bits per heavy atom. The van der Waals surface area contributed by atoms with Crippen LogP contribution in [0.25, 0.3) is 11.2 Å². The second-order valence-electron chi connectivity index (χ2n) is 8.43. The zero-order valence-electron chi connectivity index (χ0n) is 28.4. The molecule has 0 unspecified atom stereocenters. The first-order valence-corrected chi connectivity index (χ1v) is 12.1. The lowest BCUT2D eigenvalue weighted by Crippen LogP contribution is -2.33. The third-order valence-electron chi connectivity index (χ3n) is 6.03. The van der Waals surface area contributed by atoms with Crippen molar-refractivity contribution in [1.82, 2.24) is 25.0 Å². The van der Waals surface area contributed by atoms with Crippen LogP contribution >= 0.6 is 11.8 Å². The number of nitrogens with zero attached hydrogens (tertiary/aromatic N) is 5. The van der Waals surface area contributed by atoms with Gasteiger partial charge >= 0.3 is 0 Å². The Hall–Kier alpha value is -2.38. The van der Waals surface area contributed by atoms with Crippen LogP contribution < -0.4 is 5.32 Å². The van der Waals surface area contributed by atoms with E-state index in [4.69, 9.17) is 22.2 Å². The van der Waals surface area contributed by atoms with Crippen LogP contribution in [0, 0.1) is 12.7 Å². The van der Waals surface area contributed by atoms with Gasteiger partial charge in [0.2, 0.25) is 0 Å². The molecule has 1 aromatic carbocycles. The molecule has 2 aliphatic rings. The summed E-state index contributed by atoms with van der Waals surface area (Å²) in [6.45, 7) is 1.88. The average Bonchev–Trinajstić information content (AvgIpc) is 3.21. The number of anilines is 1. The molecule has 4 N–H and O–H groups in total. The Labute approximate surface area is 224 Å². The molecule has 0 spiro atoms. The van der Waals surface area contributed by atoms with Crippen molar-refractivity contribution < 1.29 is 36.8 Å². The van der Waals surface area contributed by atoms with Crippen LogP contribution in [0.5, 0.6) is 0 Å². The highest BCUT2D eigenvalue weighted by atomic mass is 32.2. The van der Waals surface area contributed by atoms with Crippen LogP contribution in [-0.4, -0.2) is 83.6 Å². The number of hydrogen-bond acceptors (Lipinski definition) is 10. The van der Waals surface area contributed by atoms with Crippen molar-refractivity contribution in [3.8, 4) is 0 Å². The normalized spacial score (nSPS) is 33.4. The van der Waals surface area contributed by atoms with Gasteiger partial charge in [-0.15, -0.1) is 5.10 Å². The fourth-order valence-corrected chi connectivity index (χ4v) is 4.59. The zero-order chi connectivity index (χ0) is 33.4. The third-order valence-corrected chi connectivity index (χ3v) is 6.70. The van der Waals surface area contributed by atoms with Gasteiger partial charge in [-0.05, 0) is 36.8 Å². The number of hydrogen-bond donors (Lipinski definition) is 4. The number of aliphatic hydroxyl groups excluding tert-OH is 3. The van der Waals surface area contributed by atoms with E-state index in [2.05, 4.69) is 25.6 Å². The molecule has 2 heterocycles. The summed E-state index contributed by atoms with van der Waals surface area (Å²) in [6.07, 6.45) is -8.14. The molecule has 10 nitrogen and oxygen atoms in total. The van der Waals surface area contributed by atoms with Crippen molar-refractivity contribution in [2.45, 2.75) is 74.5 Å². The Morgan fingerprint density at radius 3 is 2.97 bits per heavy atom. The topological polar surface area (TPSA) is 138 Å². The van der Waals surface area contributed by atoms with E-state index in [1.165, 1.54) is 11.6 Å². The van der Waals surface area contributed by atoms with Gasteiger partial charge < -0.3 is 25.4 Å². The summed E-state index contributed by atoms with van der Waals surface area (Å²) in [4.78, 5) is 8.61. The lowest BCUT2D eigenvalue weighted by molar-refractivity contribution is -0.0629. The number of nitrogens with one attached hydrogen (secondary N) is 1.